The van der Waals surface area contributed by atoms with Gasteiger partial charge in [-0.1, -0.05) is 18.5 Å². The van der Waals surface area contributed by atoms with Gasteiger partial charge in [-0.3, -0.25) is 4.79 Å². The second kappa shape index (κ2) is 5.39. The van der Waals surface area contributed by atoms with E-state index in [0.29, 0.717) is 16.4 Å². The first kappa shape index (κ1) is 14.2. The van der Waals surface area contributed by atoms with Gasteiger partial charge in [0, 0.05) is 5.69 Å². The van der Waals surface area contributed by atoms with Crippen molar-refractivity contribution in [1.82, 2.24) is 0 Å². The van der Waals surface area contributed by atoms with Crippen LogP contribution in [0.2, 0.25) is 5.02 Å². The van der Waals surface area contributed by atoms with E-state index >= 15 is 0 Å². The van der Waals surface area contributed by atoms with Crippen LogP contribution in [-0.4, -0.2) is 18.1 Å². The third kappa shape index (κ3) is 2.85. The standard InChI is InChI=1S/C14H19ClN2O2/c1-7-8(2)19-9(3)13(7)14(18)17-12-5-4-10(16)6-11(12)15/h4-9,13H,16H2,1-3H3,(H,17,18). The Kier molecular flexibility index (Phi) is 4.02. The number of hydrogen-bond donors (Lipinski definition) is 2. The molecule has 4 atom stereocenters. The Balaban J connectivity index is 2.13. The number of nitrogen functional groups attached to an aromatic ring is 1. The number of benzene rings is 1. The molecule has 1 aliphatic rings. The molecule has 0 spiro atoms. The van der Waals surface area contributed by atoms with E-state index in [4.69, 9.17) is 22.1 Å². The van der Waals surface area contributed by atoms with E-state index in [1.807, 2.05) is 20.8 Å². The number of carbonyl (C=O) groups excluding carboxylic acids is 1. The van der Waals surface area contributed by atoms with Crippen molar-refractivity contribution < 1.29 is 9.53 Å². The SMILES string of the molecule is CC1OC(C)C(C(=O)Nc2ccc(N)cc2Cl)C1C. The Morgan fingerprint density at radius 3 is 2.53 bits per heavy atom. The van der Waals surface area contributed by atoms with Gasteiger partial charge in [0.15, 0.2) is 0 Å². The van der Waals surface area contributed by atoms with Crippen molar-refractivity contribution in [3.05, 3.63) is 23.2 Å². The van der Waals surface area contributed by atoms with Crippen molar-refractivity contribution >= 4 is 28.9 Å². The maximum Gasteiger partial charge on any atom is 0.230 e. The Morgan fingerprint density at radius 2 is 2.00 bits per heavy atom. The highest BCUT2D eigenvalue weighted by molar-refractivity contribution is 6.34. The number of amides is 1. The molecule has 5 heteroatoms. The fourth-order valence-electron chi connectivity index (χ4n) is 2.57. The molecule has 19 heavy (non-hydrogen) atoms. The van der Waals surface area contributed by atoms with Crippen molar-refractivity contribution in [3.63, 3.8) is 0 Å². The summed E-state index contributed by atoms with van der Waals surface area (Å²) in [6.07, 6.45) is 0.00481. The van der Waals surface area contributed by atoms with Crippen LogP contribution >= 0.6 is 11.6 Å². The van der Waals surface area contributed by atoms with Crippen molar-refractivity contribution in [2.75, 3.05) is 11.1 Å². The lowest BCUT2D eigenvalue weighted by atomic mass is 9.89. The minimum Gasteiger partial charge on any atom is -0.399 e. The molecular weight excluding hydrogens is 264 g/mol. The third-order valence-electron chi connectivity index (χ3n) is 3.80. The van der Waals surface area contributed by atoms with Crippen molar-refractivity contribution in [3.8, 4) is 0 Å². The normalized spacial score (nSPS) is 30.3. The van der Waals surface area contributed by atoms with Crippen molar-refractivity contribution in [2.45, 2.75) is 33.0 Å². The average Bonchev–Trinajstić information content (AvgIpc) is 2.57. The molecule has 0 bridgehead atoms. The van der Waals surface area contributed by atoms with Gasteiger partial charge in [0.05, 0.1) is 28.8 Å². The molecule has 4 unspecified atom stereocenters. The number of ether oxygens (including phenoxy) is 1. The number of hydrogen-bond acceptors (Lipinski definition) is 3. The maximum atomic E-state index is 12.3. The van der Waals surface area contributed by atoms with Gasteiger partial charge in [0.2, 0.25) is 5.91 Å². The summed E-state index contributed by atoms with van der Waals surface area (Å²) in [4.78, 5) is 12.3. The first-order valence-corrected chi connectivity index (χ1v) is 6.79. The zero-order valence-corrected chi connectivity index (χ0v) is 12.1. The third-order valence-corrected chi connectivity index (χ3v) is 4.11. The Hall–Kier alpha value is -1.26. The van der Waals surface area contributed by atoms with Gasteiger partial charge in [0.25, 0.3) is 0 Å². The predicted molar refractivity (Wildman–Crippen MR) is 77.2 cm³/mol. The highest BCUT2D eigenvalue weighted by Crippen LogP contribution is 2.34. The quantitative estimate of drug-likeness (QED) is 0.820. The van der Waals surface area contributed by atoms with E-state index in [-0.39, 0.29) is 30.0 Å². The average molecular weight is 283 g/mol. The number of halogens is 1. The highest BCUT2D eigenvalue weighted by Gasteiger charge is 2.41. The lowest BCUT2D eigenvalue weighted by molar-refractivity contribution is -0.121. The van der Waals surface area contributed by atoms with E-state index in [1.165, 1.54) is 0 Å². The molecule has 4 nitrogen and oxygen atoms in total. The minimum atomic E-state index is -0.163. The van der Waals surface area contributed by atoms with Crippen LogP contribution in [0.15, 0.2) is 18.2 Å². The van der Waals surface area contributed by atoms with E-state index in [1.54, 1.807) is 18.2 Å². The van der Waals surface area contributed by atoms with Gasteiger partial charge in [0.1, 0.15) is 0 Å². The lowest BCUT2D eigenvalue weighted by Gasteiger charge is -2.18. The van der Waals surface area contributed by atoms with Crippen LogP contribution in [0.4, 0.5) is 11.4 Å². The summed E-state index contributed by atoms with van der Waals surface area (Å²) in [5.41, 5.74) is 6.78. The van der Waals surface area contributed by atoms with Crippen LogP contribution in [0.25, 0.3) is 0 Å². The predicted octanol–water partition coefficient (Wildman–Crippen LogP) is 2.92. The molecule has 3 N–H and O–H groups in total. The maximum absolute atomic E-state index is 12.3. The summed E-state index contributed by atoms with van der Waals surface area (Å²) in [5, 5.41) is 3.30. The van der Waals surface area contributed by atoms with E-state index < -0.39 is 0 Å². The lowest BCUT2D eigenvalue weighted by Crippen LogP contribution is -2.32. The van der Waals surface area contributed by atoms with Crippen molar-refractivity contribution in [2.24, 2.45) is 11.8 Å². The van der Waals surface area contributed by atoms with Crippen LogP contribution < -0.4 is 11.1 Å². The summed E-state index contributed by atoms with van der Waals surface area (Å²) in [6, 6.07) is 5.05. The fraction of sp³-hybridized carbons (Fsp3) is 0.500. The molecule has 1 aromatic rings. The van der Waals surface area contributed by atoms with Crippen LogP contribution in [0, 0.1) is 11.8 Å². The summed E-state index contributed by atoms with van der Waals surface area (Å²) < 4.78 is 5.68. The zero-order valence-electron chi connectivity index (χ0n) is 11.3. The highest BCUT2D eigenvalue weighted by atomic mass is 35.5. The number of anilines is 2. The molecule has 1 aliphatic heterocycles. The molecule has 1 heterocycles. The molecule has 0 radical (unpaired) electrons. The smallest absolute Gasteiger partial charge is 0.230 e. The van der Waals surface area contributed by atoms with Gasteiger partial charge in [-0.15, -0.1) is 0 Å². The second-order valence-electron chi connectivity index (χ2n) is 5.16. The van der Waals surface area contributed by atoms with E-state index in [9.17, 15) is 4.79 Å². The van der Waals surface area contributed by atoms with Gasteiger partial charge >= 0.3 is 0 Å². The number of nitrogens with one attached hydrogen (secondary N) is 1. The van der Waals surface area contributed by atoms with Crippen LogP contribution in [-0.2, 0) is 9.53 Å². The largest absolute Gasteiger partial charge is 0.399 e. The van der Waals surface area contributed by atoms with E-state index in [2.05, 4.69) is 5.32 Å². The number of carbonyl (C=O) groups is 1. The molecule has 2 rings (SSSR count). The fourth-order valence-corrected chi connectivity index (χ4v) is 2.80. The topological polar surface area (TPSA) is 64.3 Å². The van der Waals surface area contributed by atoms with Crippen LogP contribution in [0.1, 0.15) is 20.8 Å². The monoisotopic (exact) mass is 282 g/mol. The number of rotatable bonds is 2. The molecule has 0 aliphatic carbocycles. The molecule has 0 aromatic heterocycles. The molecule has 104 valence electrons. The van der Waals surface area contributed by atoms with Crippen LogP contribution in [0.3, 0.4) is 0 Å². The van der Waals surface area contributed by atoms with Gasteiger partial charge in [-0.2, -0.15) is 0 Å². The summed E-state index contributed by atoms with van der Waals surface area (Å²) in [6.45, 7) is 5.95. The van der Waals surface area contributed by atoms with Gasteiger partial charge < -0.3 is 15.8 Å². The van der Waals surface area contributed by atoms with Crippen molar-refractivity contribution in [1.29, 1.82) is 0 Å². The van der Waals surface area contributed by atoms with E-state index in [0.717, 1.165) is 0 Å². The molecule has 1 fully saturated rings. The Labute approximate surface area is 118 Å². The summed E-state index contributed by atoms with van der Waals surface area (Å²) in [5.74, 6) is -0.0396. The van der Waals surface area contributed by atoms with Gasteiger partial charge in [-0.05, 0) is 38.0 Å². The summed E-state index contributed by atoms with van der Waals surface area (Å²) in [7, 11) is 0. The second-order valence-corrected chi connectivity index (χ2v) is 5.57. The Morgan fingerprint density at radius 1 is 1.32 bits per heavy atom. The molecule has 1 aromatic carbocycles. The zero-order chi connectivity index (χ0) is 14.2. The summed E-state index contributed by atoms with van der Waals surface area (Å²) >= 11 is 6.06. The number of nitrogens with two attached hydrogens (primary N) is 1. The minimum absolute atomic E-state index is 0.0592. The molecule has 1 amide bonds. The molecular formula is C14H19ClN2O2. The first-order valence-electron chi connectivity index (χ1n) is 6.41. The molecule has 1 saturated heterocycles. The Bertz CT molecular complexity index is 492. The first-order chi connectivity index (χ1) is 8.90. The van der Waals surface area contributed by atoms with Gasteiger partial charge in [-0.25, -0.2) is 0 Å². The van der Waals surface area contributed by atoms with Crippen LogP contribution in [0.5, 0.6) is 0 Å². The molecule has 0 saturated carbocycles.